The monoisotopic (exact) mass is 387 g/mol. The summed E-state index contributed by atoms with van der Waals surface area (Å²) in [5.74, 6) is 0.544. The van der Waals surface area contributed by atoms with Crippen LogP contribution in [0.5, 0.6) is 5.75 Å². The molecule has 2 rings (SSSR count). The third-order valence-electron chi connectivity index (χ3n) is 2.43. The first kappa shape index (κ1) is 14.3. The van der Waals surface area contributed by atoms with Gasteiger partial charge in [0.15, 0.2) is 0 Å². The Hall–Kier alpha value is -1.07. The zero-order chi connectivity index (χ0) is 13.7. The van der Waals surface area contributed by atoms with Gasteiger partial charge in [0.2, 0.25) is 0 Å². The second-order valence-electron chi connectivity index (χ2n) is 3.85. The van der Waals surface area contributed by atoms with Crippen LogP contribution >= 0.6 is 31.9 Å². The third-order valence-corrected chi connectivity index (χ3v) is 3.65. The second-order valence-corrected chi connectivity index (χ2v) is 5.62. The van der Waals surface area contributed by atoms with Crippen molar-refractivity contribution in [3.05, 3.63) is 57.2 Å². The molecule has 0 saturated heterocycles. The predicted molar refractivity (Wildman–Crippen MR) is 82.2 cm³/mol. The summed E-state index contributed by atoms with van der Waals surface area (Å²) in [6.45, 7) is 1.10. The molecule has 2 aromatic rings. The Morgan fingerprint density at radius 1 is 1.05 bits per heavy atom. The van der Waals surface area contributed by atoms with Crippen LogP contribution in [0.2, 0.25) is 0 Å². The topological polar surface area (TPSA) is 21.3 Å². The van der Waals surface area contributed by atoms with Crippen molar-refractivity contribution in [3.8, 4) is 5.75 Å². The Morgan fingerprint density at radius 2 is 1.79 bits per heavy atom. The van der Waals surface area contributed by atoms with Crippen molar-refractivity contribution >= 4 is 37.5 Å². The summed E-state index contributed by atoms with van der Waals surface area (Å²) in [6.07, 6.45) is 0. The molecule has 0 aliphatic carbocycles. The van der Waals surface area contributed by atoms with Gasteiger partial charge in [-0.15, -0.1) is 0 Å². The molecule has 1 N–H and O–H groups in total. The van der Waals surface area contributed by atoms with Gasteiger partial charge in [0, 0.05) is 15.5 Å². The number of hydrogen-bond acceptors (Lipinski definition) is 2. The first-order valence-electron chi connectivity index (χ1n) is 5.72. The van der Waals surface area contributed by atoms with E-state index in [-0.39, 0.29) is 5.82 Å². The van der Waals surface area contributed by atoms with Crippen molar-refractivity contribution in [1.29, 1.82) is 0 Å². The molecule has 5 heteroatoms. The van der Waals surface area contributed by atoms with Crippen LogP contribution in [0.25, 0.3) is 0 Å². The van der Waals surface area contributed by atoms with Crippen molar-refractivity contribution in [2.24, 2.45) is 0 Å². The van der Waals surface area contributed by atoms with Crippen molar-refractivity contribution in [1.82, 2.24) is 0 Å². The predicted octanol–water partition coefficient (Wildman–Crippen LogP) is 4.84. The number of benzene rings is 2. The maximum absolute atomic E-state index is 13.1. The molecule has 19 heavy (non-hydrogen) atoms. The van der Waals surface area contributed by atoms with E-state index < -0.39 is 0 Å². The van der Waals surface area contributed by atoms with E-state index in [9.17, 15) is 4.39 Å². The Balaban J connectivity index is 1.80. The SMILES string of the molecule is Fc1ccc(Br)c(NCCOc2ccc(Br)cc2)c1. The smallest absolute Gasteiger partial charge is 0.125 e. The van der Waals surface area contributed by atoms with Gasteiger partial charge in [0.25, 0.3) is 0 Å². The lowest BCUT2D eigenvalue weighted by molar-refractivity contribution is 0.333. The molecule has 0 radical (unpaired) electrons. The number of anilines is 1. The second kappa shape index (κ2) is 6.91. The van der Waals surface area contributed by atoms with Crippen LogP contribution in [0.15, 0.2) is 51.4 Å². The molecular weight excluding hydrogens is 377 g/mol. The molecule has 2 aromatic carbocycles. The number of hydrogen-bond donors (Lipinski definition) is 1. The van der Waals surface area contributed by atoms with Crippen LogP contribution in [0.1, 0.15) is 0 Å². The zero-order valence-electron chi connectivity index (χ0n) is 10.00. The maximum Gasteiger partial charge on any atom is 0.125 e. The highest BCUT2D eigenvalue weighted by Crippen LogP contribution is 2.22. The minimum absolute atomic E-state index is 0.264. The minimum atomic E-state index is -0.264. The van der Waals surface area contributed by atoms with Crippen LogP contribution < -0.4 is 10.1 Å². The molecule has 0 fully saturated rings. The molecule has 100 valence electrons. The van der Waals surface area contributed by atoms with Crippen LogP contribution in [-0.2, 0) is 0 Å². The molecule has 2 nitrogen and oxygen atoms in total. The van der Waals surface area contributed by atoms with Gasteiger partial charge in [-0.2, -0.15) is 0 Å². The summed E-state index contributed by atoms with van der Waals surface area (Å²) >= 11 is 6.72. The maximum atomic E-state index is 13.1. The summed E-state index contributed by atoms with van der Waals surface area (Å²) in [5.41, 5.74) is 0.722. The number of ether oxygens (including phenoxy) is 1. The van der Waals surface area contributed by atoms with Gasteiger partial charge >= 0.3 is 0 Å². The molecule has 0 aromatic heterocycles. The lowest BCUT2D eigenvalue weighted by atomic mass is 10.3. The summed E-state index contributed by atoms with van der Waals surface area (Å²) < 4.78 is 20.5. The van der Waals surface area contributed by atoms with Crippen LogP contribution in [0.3, 0.4) is 0 Å². The summed E-state index contributed by atoms with van der Waals surface area (Å²) in [7, 11) is 0. The average Bonchev–Trinajstić information content (AvgIpc) is 2.40. The van der Waals surface area contributed by atoms with Crippen LogP contribution in [0.4, 0.5) is 10.1 Å². The molecule has 0 unspecified atom stereocenters. The number of halogens is 3. The Labute approximate surface area is 128 Å². The number of nitrogens with one attached hydrogen (secondary N) is 1. The Morgan fingerprint density at radius 3 is 2.53 bits per heavy atom. The molecule has 0 aliphatic rings. The van der Waals surface area contributed by atoms with E-state index >= 15 is 0 Å². The van der Waals surface area contributed by atoms with Crippen LogP contribution in [0, 0.1) is 5.82 Å². The standard InChI is InChI=1S/C14H12Br2FNO/c15-10-1-4-12(5-2-10)19-8-7-18-14-9-11(17)3-6-13(14)16/h1-6,9,18H,7-8H2. The van der Waals surface area contributed by atoms with Crippen molar-refractivity contribution < 1.29 is 9.13 Å². The quantitative estimate of drug-likeness (QED) is 0.740. The lowest BCUT2D eigenvalue weighted by Gasteiger charge is -2.10. The van der Waals surface area contributed by atoms with E-state index in [1.807, 2.05) is 24.3 Å². The summed E-state index contributed by atoms with van der Waals surface area (Å²) in [4.78, 5) is 0. The molecule has 0 amide bonds. The molecule has 0 saturated carbocycles. The van der Waals surface area contributed by atoms with Gasteiger partial charge in [0.1, 0.15) is 18.2 Å². The highest BCUT2D eigenvalue weighted by Gasteiger charge is 2.01. The molecule has 0 heterocycles. The fourth-order valence-electron chi connectivity index (χ4n) is 1.52. The van der Waals surface area contributed by atoms with E-state index in [1.165, 1.54) is 12.1 Å². The van der Waals surface area contributed by atoms with Gasteiger partial charge in [-0.3, -0.25) is 0 Å². The summed E-state index contributed by atoms with van der Waals surface area (Å²) in [6, 6.07) is 12.2. The minimum Gasteiger partial charge on any atom is -0.492 e. The van der Waals surface area contributed by atoms with Gasteiger partial charge in [-0.05, 0) is 58.4 Å². The molecular formula is C14H12Br2FNO. The molecule has 0 atom stereocenters. The van der Waals surface area contributed by atoms with Gasteiger partial charge in [-0.25, -0.2) is 4.39 Å². The lowest BCUT2D eigenvalue weighted by Crippen LogP contribution is -2.11. The third kappa shape index (κ3) is 4.51. The highest BCUT2D eigenvalue weighted by molar-refractivity contribution is 9.10. The van der Waals surface area contributed by atoms with Gasteiger partial charge in [-0.1, -0.05) is 15.9 Å². The van der Waals surface area contributed by atoms with Crippen LogP contribution in [-0.4, -0.2) is 13.2 Å². The van der Waals surface area contributed by atoms with E-state index in [1.54, 1.807) is 6.07 Å². The van der Waals surface area contributed by atoms with Crippen molar-refractivity contribution in [2.75, 3.05) is 18.5 Å². The highest BCUT2D eigenvalue weighted by atomic mass is 79.9. The Kier molecular flexibility index (Phi) is 5.22. The van der Waals surface area contributed by atoms with E-state index in [2.05, 4.69) is 37.2 Å². The Bertz CT molecular complexity index is 546. The fourth-order valence-corrected chi connectivity index (χ4v) is 2.17. The normalized spacial score (nSPS) is 10.3. The van der Waals surface area contributed by atoms with Crippen molar-refractivity contribution in [3.63, 3.8) is 0 Å². The fraction of sp³-hybridized carbons (Fsp3) is 0.143. The molecule has 0 aliphatic heterocycles. The van der Waals surface area contributed by atoms with E-state index in [0.717, 1.165) is 20.4 Å². The van der Waals surface area contributed by atoms with E-state index in [0.29, 0.717) is 13.2 Å². The zero-order valence-corrected chi connectivity index (χ0v) is 13.2. The first-order valence-corrected chi connectivity index (χ1v) is 7.31. The summed E-state index contributed by atoms with van der Waals surface area (Å²) in [5, 5.41) is 3.11. The molecule has 0 spiro atoms. The van der Waals surface area contributed by atoms with Gasteiger partial charge < -0.3 is 10.1 Å². The van der Waals surface area contributed by atoms with E-state index in [4.69, 9.17) is 4.74 Å². The van der Waals surface area contributed by atoms with Gasteiger partial charge in [0.05, 0.1) is 5.69 Å². The average molecular weight is 389 g/mol. The first-order chi connectivity index (χ1) is 9.15. The largest absolute Gasteiger partial charge is 0.492 e. The molecule has 0 bridgehead atoms. The van der Waals surface area contributed by atoms with Crippen molar-refractivity contribution in [2.45, 2.75) is 0 Å². The number of rotatable bonds is 5.